The summed E-state index contributed by atoms with van der Waals surface area (Å²) in [5.41, 5.74) is 6.92. The highest BCUT2D eigenvalue weighted by Gasteiger charge is 2.51. The van der Waals surface area contributed by atoms with Gasteiger partial charge in [-0.3, -0.25) is 19.4 Å². The number of amides is 1. The Labute approximate surface area is 151 Å². The highest BCUT2D eigenvalue weighted by molar-refractivity contribution is 8.00. The van der Waals surface area contributed by atoms with Gasteiger partial charge in [-0.05, 0) is 30.3 Å². The van der Waals surface area contributed by atoms with Gasteiger partial charge in [-0.2, -0.15) is 0 Å². The summed E-state index contributed by atoms with van der Waals surface area (Å²) in [4.78, 5) is 27.6. The molecule has 24 heavy (non-hydrogen) atoms. The van der Waals surface area contributed by atoms with Crippen molar-refractivity contribution in [2.24, 2.45) is 5.73 Å². The van der Waals surface area contributed by atoms with E-state index in [4.69, 9.17) is 17.3 Å². The van der Waals surface area contributed by atoms with Gasteiger partial charge in [0.2, 0.25) is 5.91 Å². The zero-order chi connectivity index (χ0) is 17.5. The number of likely N-dealkylation sites (N-methyl/N-ethyl adjacent to an activating group) is 2. The van der Waals surface area contributed by atoms with Crippen molar-refractivity contribution in [3.8, 4) is 0 Å². The maximum absolute atomic E-state index is 12.0. The van der Waals surface area contributed by atoms with Crippen LogP contribution in [0.4, 0.5) is 0 Å². The van der Waals surface area contributed by atoms with Gasteiger partial charge in [0, 0.05) is 18.8 Å². The highest BCUT2D eigenvalue weighted by atomic mass is 35.5. The topological polar surface area (TPSA) is 66.6 Å². The summed E-state index contributed by atoms with van der Waals surface area (Å²) in [7, 11) is 4.40. The molecule has 3 rings (SSSR count). The number of hydrogen-bond donors (Lipinski definition) is 1. The van der Waals surface area contributed by atoms with Gasteiger partial charge >= 0.3 is 0 Å². The van der Waals surface area contributed by atoms with Crippen LogP contribution >= 0.6 is 23.4 Å². The standard InChI is InChI=1S/C16H24ClN4O2S/c1-19-5-8-21(2,9-6-19)7-3-4-11-10-24-16-12(18)15(23)20(16)13(11)14(17)22/h3-4,12,16H,5-10,18H2,1-2H3/q+1/t12-,16-/m1/s1. The molecule has 0 unspecified atom stereocenters. The summed E-state index contributed by atoms with van der Waals surface area (Å²) in [5, 5.41) is -0.741. The molecule has 1 amide bonds. The van der Waals surface area contributed by atoms with Crippen LogP contribution in [-0.4, -0.2) is 89.4 Å². The number of nitrogens with zero attached hydrogens (tertiary/aromatic N) is 3. The van der Waals surface area contributed by atoms with E-state index in [2.05, 4.69) is 25.1 Å². The Morgan fingerprint density at radius 2 is 2.12 bits per heavy atom. The number of carbonyl (C=O) groups excluding carboxylic acids is 2. The molecule has 0 aromatic rings. The van der Waals surface area contributed by atoms with Crippen LogP contribution in [0.2, 0.25) is 0 Å². The first-order valence-corrected chi connectivity index (χ1v) is 9.57. The summed E-state index contributed by atoms with van der Waals surface area (Å²) < 4.78 is 0.988. The molecule has 0 spiro atoms. The molecule has 132 valence electrons. The van der Waals surface area contributed by atoms with Crippen molar-refractivity contribution in [1.29, 1.82) is 0 Å². The van der Waals surface area contributed by atoms with Crippen LogP contribution in [0.15, 0.2) is 23.4 Å². The van der Waals surface area contributed by atoms with E-state index in [0.29, 0.717) is 11.4 Å². The molecule has 0 bridgehead atoms. The van der Waals surface area contributed by atoms with Crippen LogP contribution < -0.4 is 5.73 Å². The molecule has 0 radical (unpaired) electrons. The quantitative estimate of drug-likeness (QED) is 0.434. The predicted octanol–water partition coefficient (Wildman–Crippen LogP) is 0.197. The van der Waals surface area contributed by atoms with Gasteiger partial charge in [-0.25, -0.2) is 0 Å². The van der Waals surface area contributed by atoms with Gasteiger partial charge in [-0.1, -0.05) is 6.08 Å². The number of fused-ring (bicyclic) bond motifs is 1. The number of rotatable bonds is 4. The van der Waals surface area contributed by atoms with Crippen LogP contribution in [0.1, 0.15) is 0 Å². The Morgan fingerprint density at radius 3 is 2.75 bits per heavy atom. The predicted molar refractivity (Wildman–Crippen MR) is 96.4 cm³/mol. The van der Waals surface area contributed by atoms with E-state index in [-0.39, 0.29) is 11.3 Å². The van der Waals surface area contributed by atoms with Crippen molar-refractivity contribution in [3.63, 3.8) is 0 Å². The number of piperazine rings is 1. The summed E-state index contributed by atoms with van der Waals surface area (Å²) in [6.45, 7) is 5.31. The molecular formula is C16H24ClN4O2S+. The molecule has 3 heterocycles. The molecule has 2 N–H and O–H groups in total. The van der Waals surface area contributed by atoms with E-state index in [1.165, 1.54) is 4.90 Å². The van der Waals surface area contributed by atoms with Crippen LogP contribution in [0.5, 0.6) is 0 Å². The zero-order valence-corrected chi connectivity index (χ0v) is 15.6. The molecule has 0 saturated carbocycles. The summed E-state index contributed by atoms with van der Waals surface area (Å²) >= 11 is 7.33. The first-order valence-electron chi connectivity index (χ1n) is 8.14. The van der Waals surface area contributed by atoms with Crippen molar-refractivity contribution in [3.05, 3.63) is 23.4 Å². The van der Waals surface area contributed by atoms with Gasteiger partial charge < -0.3 is 10.2 Å². The number of nitrogens with two attached hydrogens (primary N) is 1. The molecule has 3 aliphatic rings. The second-order valence-electron chi connectivity index (χ2n) is 7.04. The first kappa shape index (κ1) is 17.9. The second kappa shape index (κ2) is 6.80. The second-order valence-corrected chi connectivity index (χ2v) is 8.49. The minimum absolute atomic E-state index is 0.158. The largest absolute Gasteiger partial charge is 0.321 e. The van der Waals surface area contributed by atoms with Crippen LogP contribution in [-0.2, 0) is 9.59 Å². The average molecular weight is 372 g/mol. The number of β-lactam (4-membered cyclic amide) rings is 1. The highest BCUT2D eigenvalue weighted by Crippen LogP contribution is 2.40. The normalized spacial score (nSPS) is 30.5. The van der Waals surface area contributed by atoms with Gasteiger partial charge in [0.05, 0.1) is 26.7 Å². The minimum atomic E-state index is -0.583. The third kappa shape index (κ3) is 3.28. The number of thioether (sulfide) groups is 1. The molecule has 8 heteroatoms. The summed E-state index contributed by atoms with van der Waals surface area (Å²) in [6.07, 6.45) is 4.06. The van der Waals surface area contributed by atoms with E-state index < -0.39 is 11.3 Å². The summed E-state index contributed by atoms with van der Waals surface area (Å²) in [5.74, 6) is 0.430. The number of carbonyl (C=O) groups is 2. The number of allylic oxidation sites excluding steroid dienone is 2. The Hall–Kier alpha value is -0.860. The molecule has 2 saturated heterocycles. The minimum Gasteiger partial charge on any atom is -0.321 e. The number of halogens is 1. The lowest BCUT2D eigenvalue weighted by Crippen LogP contribution is -2.68. The van der Waals surface area contributed by atoms with Crippen LogP contribution in [0, 0.1) is 0 Å². The molecule has 6 nitrogen and oxygen atoms in total. The van der Waals surface area contributed by atoms with Gasteiger partial charge in [0.25, 0.3) is 5.24 Å². The fourth-order valence-corrected chi connectivity index (χ4v) is 4.81. The lowest BCUT2D eigenvalue weighted by molar-refractivity contribution is -0.908. The Bertz CT molecular complexity index is 613. The van der Waals surface area contributed by atoms with Gasteiger partial charge in [0.1, 0.15) is 17.1 Å². The Kier molecular flexibility index (Phi) is 5.09. The summed E-state index contributed by atoms with van der Waals surface area (Å²) in [6, 6.07) is -0.527. The Balaban J connectivity index is 1.73. The lowest BCUT2D eigenvalue weighted by atomic mass is 10.0. The molecular weight excluding hydrogens is 348 g/mol. The molecule has 2 fully saturated rings. The van der Waals surface area contributed by atoms with E-state index in [9.17, 15) is 9.59 Å². The van der Waals surface area contributed by atoms with Crippen molar-refractivity contribution >= 4 is 34.5 Å². The van der Waals surface area contributed by atoms with Crippen LogP contribution in [0.3, 0.4) is 0 Å². The van der Waals surface area contributed by atoms with Crippen molar-refractivity contribution in [2.45, 2.75) is 11.4 Å². The fraction of sp³-hybridized carbons (Fsp3) is 0.625. The fourth-order valence-electron chi connectivity index (χ4n) is 3.33. The maximum Gasteiger partial charge on any atom is 0.269 e. The van der Waals surface area contributed by atoms with E-state index in [0.717, 1.165) is 42.8 Å². The lowest BCUT2D eigenvalue weighted by Gasteiger charge is -2.48. The Morgan fingerprint density at radius 1 is 1.46 bits per heavy atom. The molecule has 2 atom stereocenters. The van der Waals surface area contributed by atoms with E-state index in [1.54, 1.807) is 11.8 Å². The van der Waals surface area contributed by atoms with Crippen molar-refractivity contribution in [2.75, 3.05) is 52.6 Å². The van der Waals surface area contributed by atoms with E-state index in [1.807, 2.05) is 6.08 Å². The zero-order valence-electron chi connectivity index (χ0n) is 14.1. The third-order valence-electron chi connectivity index (χ3n) is 5.13. The molecule has 0 aromatic heterocycles. The SMILES string of the molecule is CN1CC[N+](C)(CC=CC2=C(C(=O)Cl)N3C(=O)[C@@H](N)[C@H]3SC2)CC1. The molecule has 0 aliphatic carbocycles. The maximum atomic E-state index is 12.0. The van der Waals surface area contributed by atoms with Crippen LogP contribution in [0.25, 0.3) is 0 Å². The molecule has 0 aromatic carbocycles. The van der Waals surface area contributed by atoms with Gasteiger partial charge in [0.15, 0.2) is 0 Å². The first-order chi connectivity index (χ1) is 11.3. The van der Waals surface area contributed by atoms with E-state index >= 15 is 0 Å². The van der Waals surface area contributed by atoms with Crippen molar-refractivity contribution < 1.29 is 14.1 Å². The smallest absolute Gasteiger partial charge is 0.269 e. The van der Waals surface area contributed by atoms with Gasteiger partial charge in [-0.15, -0.1) is 11.8 Å². The average Bonchev–Trinajstić information content (AvgIpc) is 2.56. The van der Waals surface area contributed by atoms with Crippen molar-refractivity contribution in [1.82, 2.24) is 9.80 Å². The number of quaternary nitrogens is 1. The number of hydrogen-bond acceptors (Lipinski definition) is 5. The monoisotopic (exact) mass is 371 g/mol. The third-order valence-corrected chi connectivity index (χ3v) is 6.64. The molecule has 3 aliphatic heterocycles.